The van der Waals surface area contributed by atoms with E-state index in [1.807, 2.05) is 0 Å². The molecule has 0 aliphatic rings. The summed E-state index contributed by atoms with van der Waals surface area (Å²) in [7, 11) is 0. The standard InChI is InChI=1S/C19H13F4N3O/c20-12-3-1-11(2-4-12)9-24-13-5-8-16(25-10-13)26-19(27)14-6-7-15(21)18(23)17(14)22/h1-8,10,24H,9H2,(H,25,26,27). The molecule has 1 amide bonds. The minimum Gasteiger partial charge on any atom is -0.380 e. The van der Waals surface area contributed by atoms with Gasteiger partial charge in [-0.3, -0.25) is 4.79 Å². The van der Waals surface area contributed by atoms with E-state index in [0.29, 0.717) is 18.3 Å². The molecule has 0 fully saturated rings. The maximum absolute atomic E-state index is 13.6. The first-order valence-corrected chi connectivity index (χ1v) is 7.83. The summed E-state index contributed by atoms with van der Waals surface area (Å²) >= 11 is 0. The Balaban J connectivity index is 1.62. The minimum absolute atomic E-state index is 0.108. The first kappa shape index (κ1) is 18.4. The van der Waals surface area contributed by atoms with Gasteiger partial charge in [0, 0.05) is 6.54 Å². The summed E-state index contributed by atoms with van der Waals surface area (Å²) in [6, 6.07) is 10.6. The van der Waals surface area contributed by atoms with E-state index in [1.54, 1.807) is 18.2 Å². The van der Waals surface area contributed by atoms with Crippen LogP contribution in [0.25, 0.3) is 0 Å². The first-order chi connectivity index (χ1) is 12.9. The fourth-order valence-corrected chi connectivity index (χ4v) is 2.26. The van der Waals surface area contributed by atoms with Crippen LogP contribution in [-0.4, -0.2) is 10.9 Å². The molecule has 0 saturated heterocycles. The largest absolute Gasteiger partial charge is 0.380 e. The van der Waals surface area contributed by atoms with E-state index < -0.39 is 28.9 Å². The Labute approximate surface area is 151 Å². The molecule has 1 heterocycles. The molecule has 0 atom stereocenters. The molecule has 3 aromatic rings. The average Bonchev–Trinajstić information content (AvgIpc) is 2.67. The van der Waals surface area contributed by atoms with E-state index >= 15 is 0 Å². The van der Waals surface area contributed by atoms with Gasteiger partial charge in [-0.1, -0.05) is 12.1 Å². The molecular weight excluding hydrogens is 362 g/mol. The van der Waals surface area contributed by atoms with Gasteiger partial charge >= 0.3 is 0 Å². The van der Waals surface area contributed by atoms with Crippen molar-refractivity contribution in [1.82, 2.24) is 4.98 Å². The molecule has 8 heteroatoms. The highest BCUT2D eigenvalue weighted by atomic mass is 19.2. The second kappa shape index (κ2) is 7.86. The predicted octanol–water partition coefficient (Wildman–Crippen LogP) is 4.50. The number of hydrogen-bond acceptors (Lipinski definition) is 3. The van der Waals surface area contributed by atoms with E-state index in [9.17, 15) is 22.4 Å². The minimum atomic E-state index is -1.71. The molecule has 3 rings (SSSR count). The topological polar surface area (TPSA) is 54.0 Å². The van der Waals surface area contributed by atoms with Crippen LogP contribution >= 0.6 is 0 Å². The van der Waals surface area contributed by atoms with E-state index in [4.69, 9.17) is 0 Å². The van der Waals surface area contributed by atoms with Crippen LogP contribution < -0.4 is 10.6 Å². The Hall–Kier alpha value is -3.42. The second-order valence-corrected chi connectivity index (χ2v) is 5.59. The van der Waals surface area contributed by atoms with Crippen LogP contribution in [0.5, 0.6) is 0 Å². The van der Waals surface area contributed by atoms with Gasteiger partial charge < -0.3 is 10.6 Å². The number of carbonyl (C=O) groups is 1. The van der Waals surface area contributed by atoms with Gasteiger partial charge in [0.05, 0.1) is 17.4 Å². The lowest BCUT2D eigenvalue weighted by atomic mass is 10.2. The predicted molar refractivity (Wildman–Crippen MR) is 92.2 cm³/mol. The molecule has 0 aliphatic heterocycles. The molecule has 2 aromatic carbocycles. The number of benzene rings is 2. The molecule has 2 N–H and O–H groups in total. The third-order valence-corrected chi connectivity index (χ3v) is 3.69. The summed E-state index contributed by atoms with van der Waals surface area (Å²) in [4.78, 5) is 16.0. The lowest BCUT2D eigenvalue weighted by Crippen LogP contribution is -2.16. The summed E-state index contributed by atoms with van der Waals surface area (Å²) in [6.45, 7) is 0.438. The van der Waals surface area contributed by atoms with Crippen LogP contribution in [0.15, 0.2) is 54.7 Å². The van der Waals surface area contributed by atoms with Crippen LogP contribution in [-0.2, 0) is 6.54 Å². The number of nitrogens with zero attached hydrogens (tertiary/aromatic N) is 1. The first-order valence-electron chi connectivity index (χ1n) is 7.83. The number of amides is 1. The second-order valence-electron chi connectivity index (χ2n) is 5.59. The van der Waals surface area contributed by atoms with Crippen molar-refractivity contribution in [3.8, 4) is 0 Å². The van der Waals surface area contributed by atoms with Gasteiger partial charge in [0.2, 0.25) is 0 Å². The van der Waals surface area contributed by atoms with Crippen LogP contribution in [0.4, 0.5) is 29.1 Å². The van der Waals surface area contributed by atoms with Gasteiger partial charge in [-0.25, -0.2) is 22.5 Å². The summed E-state index contributed by atoms with van der Waals surface area (Å²) in [5, 5.41) is 5.37. The molecule has 1 aromatic heterocycles. The third-order valence-electron chi connectivity index (χ3n) is 3.69. The van der Waals surface area contributed by atoms with Crippen molar-refractivity contribution >= 4 is 17.4 Å². The van der Waals surface area contributed by atoms with Crippen LogP contribution in [0, 0.1) is 23.3 Å². The quantitative estimate of drug-likeness (QED) is 0.510. The van der Waals surface area contributed by atoms with Crippen molar-refractivity contribution in [2.75, 3.05) is 10.6 Å². The number of pyridine rings is 1. The number of hydrogen-bond donors (Lipinski definition) is 2. The molecule has 0 unspecified atom stereocenters. The van der Waals surface area contributed by atoms with E-state index in [0.717, 1.165) is 11.6 Å². The Morgan fingerprint density at radius 2 is 1.63 bits per heavy atom. The molecule has 27 heavy (non-hydrogen) atoms. The smallest absolute Gasteiger partial charge is 0.259 e. The molecule has 0 spiro atoms. The lowest BCUT2D eigenvalue weighted by Gasteiger charge is -2.09. The van der Waals surface area contributed by atoms with Gasteiger partial charge in [-0.2, -0.15) is 0 Å². The fraction of sp³-hybridized carbons (Fsp3) is 0.0526. The molecule has 138 valence electrons. The van der Waals surface area contributed by atoms with Gasteiger partial charge in [0.1, 0.15) is 11.6 Å². The zero-order valence-electron chi connectivity index (χ0n) is 13.8. The van der Waals surface area contributed by atoms with Crippen molar-refractivity contribution in [1.29, 1.82) is 0 Å². The van der Waals surface area contributed by atoms with Gasteiger partial charge in [0.15, 0.2) is 17.5 Å². The van der Waals surface area contributed by atoms with Crippen molar-refractivity contribution in [3.05, 3.63) is 89.1 Å². The number of halogens is 4. The zero-order chi connectivity index (χ0) is 19.4. The molecule has 4 nitrogen and oxygen atoms in total. The Morgan fingerprint density at radius 1 is 0.889 bits per heavy atom. The van der Waals surface area contributed by atoms with Crippen LogP contribution in [0.1, 0.15) is 15.9 Å². The van der Waals surface area contributed by atoms with Gasteiger partial charge in [0.25, 0.3) is 5.91 Å². The summed E-state index contributed by atoms with van der Waals surface area (Å²) in [5.74, 6) is -5.82. The highest BCUT2D eigenvalue weighted by Gasteiger charge is 2.19. The number of nitrogens with one attached hydrogen (secondary N) is 2. The molecule has 0 bridgehead atoms. The van der Waals surface area contributed by atoms with Crippen LogP contribution in [0.3, 0.4) is 0 Å². The number of carbonyl (C=O) groups excluding carboxylic acids is 1. The van der Waals surface area contributed by atoms with Crippen molar-refractivity contribution in [3.63, 3.8) is 0 Å². The van der Waals surface area contributed by atoms with Gasteiger partial charge in [-0.15, -0.1) is 0 Å². The monoisotopic (exact) mass is 375 g/mol. The molecule has 0 radical (unpaired) electrons. The summed E-state index contributed by atoms with van der Waals surface area (Å²) in [6.07, 6.45) is 1.43. The third kappa shape index (κ3) is 4.41. The van der Waals surface area contributed by atoms with E-state index in [1.165, 1.54) is 24.4 Å². The summed E-state index contributed by atoms with van der Waals surface area (Å²) in [5.41, 5.74) is 0.869. The number of aromatic nitrogens is 1. The Kier molecular flexibility index (Phi) is 5.35. The van der Waals surface area contributed by atoms with Crippen LogP contribution in [0.2, 0.25) is 0 Å². The maximum atomic E-state index is 13.6. The average molecular weight is 375 g/mol. The number of rotatable bonds is 5. The lowest BCUT2D eigenvalue weighted by molar-refractivity contribution is 0.102. The highest BCUT2D eigenvalue weighted by Crippen LogP contribution is 2.17. The molecule has 0 saturated carbocycles. The van der Waals surface area contributed by atoms with E-state index in [2.05, 4.69) is 15.6 Å². The molecular formula is C19H13F4N3O. The SMILES string of the molecule is O=C(Nc1ccc(NCc2ccc(F)cc2)cn1)c1ccc(F)c(F)c1F. The zero-order valence-corrected chi connectivity index (χ0v) is 13.8. The van der Waals surface area contributed by atoms with Crippen molar-refractivity contribution < 1.29 is 22.4 Å². The molecule has 0 aliphatic carbocycles. The Morgan fingerprint density at radius 3 is 2.30 bits per heavy atom. The highest BCUT2D eigenvalue weighted by molar-refractivity contribution is 6.04. The normalized spacial score (nSPS) is 10.5. The Bertz CT molecular complexity index is 960. The van der Waals surface area contributed by atoms with Crippen molar-refractivity contribution in [2.45, 2.75) is 6.54 Å². The van der Waals surface area contributed by atoms with E-state index in [-0.39, 0.29) is 11.6 Å². The van der Waals surface area contributed by atoms with Crippen molar-refractivity contribution in [2.24, 2.45) is 0 Å². The summed E-state index contributed by atoms with van der Waals surface area (Å²) < 4.78 is 52.6. The van der Waals surface area contributed by atoms with Gasteiger partial charge in [-0.05, 0) is 42.0 Å². The maximum Gasteiger partial charge on any atom is 0.259 e. The fourth-order valence-electron chi connectivity index (χ4n) is 2.26. The number of anilines is 2.